The van der Waals surface area contributed by atoms with E-state index in [4.69, 9.17) is 10.5 Å². The van der Waals surface area contributed by atoms with Crippen LogP contribution in [0.5, 0.6) is 5.75 Å². The first-order chi connectivity index (χ1) is 10.2. The summed E-state index contributed by atoms with van der Waals surface area (Å²) in [6.07, 6.45) is 1.86. The van der Waals surface area contributed by atoms with Gasteiger partial charge < -0.3 is 15.8 Å². The largest absolute Gasteiger partial charge is 0.492 e. The van der Waals surface area contributed by atoms with E-state index in [-0.39, 0.29) is 5.82 Å². The maximum Gasteiger partial charge on any atom is 0.142 e. The predicted octanol–water partition coefficient (Wildman–Crippen LogP) is 3.85. The van der Waals surface area contributed by atoms with Crippen molar-refractivity contribution in [2.24, 2.45) is 0 Å². The molecule has 21 heavy (non-hydrogen) atoms. The van der Waals surface area contributed by atoms with Crippen LogP contribution in [-0.2, 0) is 6.42 Å². The van der Waals surface area contributed by atoms with Crippen molar-refractivity contribution < 1.29 is 9.13 Å². The summed E-state index contributed by atoms with van der Waals surface area (Å²) < 4.78 is 18.4. The van der Waals surface area contributed by atoms with Crippen LogP contribution < -0.4 is 15.8 Å². The van der Waals surface area contributed by atoms with E-state index in [1.54, 1.807) is 6.07 Å². The molecular formula is C17H21FN2O. The van der Waals surface area contributed by atoms with Gasteiger partial charge in [0.05, 0.1) is 12.3 Å². The number of hydrogen-bond donors (Lipinski definition) is 2. The molecule has 2 aromatic rings. The summed E-state index contributed by atoms with van der Waals surface area (Å²) in [6.45, 7) is 3.34. The summed E-state index contributed by atoms with van der Waals surface area (Å²) >= 11 is 0. The highest BCUT2D eigenvalue weighted by atomic mass is 19.1. The molecule has 0 spiro atoms. The summed E-state index contributed by atoms with van der Waals surface area (Å²) in [5.41, 5.74) is 8.60. The maximum atomic E-state index is 13.0. The molecule has 0 bridgehead atoms. The van der Waals surface area contributed by atoms with E-state index >= 15 is 0 Å². The van der Waals surface area contributed by atoms with Gasteiger partial charge in [0, 0.05) is 12.2 Å². The molecule has 2 rings (SSSR count). The second-order valence-corrected chi connectivity index (χ2v) is 4.85. The van der Waals surface area contributed by atoms with Crippen LogP contribution in [0.25, 0.3) is 0 Å². The Labute approximate surface area is 124 Å². The van der Waals surface area contributed by atoms with Gasteiger partial charge in [-0.15, -0.1) is 0 Å². The Bertz CT molecular complexity index is 587. The number of nitrogens with one attached hydrogen (secondary N) is 1. The van der Waals surface area contributed by atoms with Crippen LogP contribution in [-0.4, -0.2) is 13.2 Å². The molecule has 0 aliphatic rings. The van der Waals surface area contributed by atoms with E-state index in [9.17, 15) is 4.39 Å². The molecule has 0 fully saturated rings. The topological polar surface area (TPSA) is 47.3 Å². The number of ether oxygens (including phenoxy) is 1. The summed E-state index contributed by atoms with van der Waals surface area (Å²) in [5.74, 6) is 0.512. The van der Waals surface area contributed by atoms with Crippen LogP contribution in [0.3, 0.4) is 0 Å². The fourth-order valence-electron chi connectivity index (χ4n) is 2.16. The van der Waals surface area contributed by atoms with Gasteiger partial charge in [-0.2, -0.15) is 0 Å². The second-order valence-electron chi connectivity index (χ2n) is 4.85. The van der Waals surface area contributed by atoms with Crippen LogP contribution in [0, 0.1) is 5.82 Å². The van der Waals surface area contributed by atoms with E-state index < -0.39 is 0 Å². The van der Waals surface area contributed by atoms with Crippen molar-refractivity contribution in [3.63, 3.8) is 0 Å². The van der Waals surface area contributed by atoms with Crippen LogP contribution >= 0.6 is 0 Å². The molecule has 0 aliphatic carbocycles. The van der Waals surface area contributed by atoms with E-state index in [0.717, 1.165) is 30.8 Å². The van der Waals surface area contributed by atoms with Crippen LogP contribution in [0.15, 0.2) is 42.5 Å². The minimum atomic E-state index is -0.223. The molecule has 112 valence electrons. The number of benzene rings is 2. The fraction of sp³-hybridized carbons (Fsp3) is 0.294. The molecule has 4 heteroatoms. The zero-order valence-corrected chi connectivity index (χ0v) is 12.2. The Morgan fingerprint density at radius 3 is 2.76 bits per heavy atom. The van der Waals surface area contributed by atoms with Gasteiger partial charge in [0.25, 0.3) is 0 Å². The zero-order valence-electron chi connectivity index (χ0n) is 12.2. The van der Waals surface area contributed by atoms with Gasteiger partial charge in [0.1, 0.15) is 11.6 Å². The zero-order chi connectivity index (χ0) is 15.1. The molecule has 0 aliphatic heterocycles. The van der Waals surface area contributed by atoms with Gasteiger partial charge >= 0.3 is 0 Å². The molecule has 0 atom stereocenters. The Balaban J connectivity index is 1.79. The van der Waals surface area contributed by atoms with Crippen molar-refractivity contribution in [1.82, 2.24) is 0 Å². The molecule has 0 aromatic heterocycles. The first-order valence-electron chi connectivity index (χ1n) is 7.19. The smallest absolute Gasteiger partial charge is 0.142 e. The van der Waals surface area contributed by atoms with Crippen LogP contribution in [0.2, 0.25) is 0 Å². The SMILES string of the molecule is CCOc1ccc(CCCNc2cccc(F)c2)cc1N. The number of rotatable bonds is 7. The minimum absolute atomic E-state index is 0.223. The number of nitrogen functional groups attached to an aromatic ring is 1. The monoisotopic (exact) mass is 288 g/mol. The Hall–Kier alpha value is -2.23. The highest BCUT2D eigenvalue weighted by molar-refractivity contribution is 5.54. The summed E-state index contributed by atoms with van der Waals surface area (Å²) in [7, 11) is 0. The molecule has 0 saturated carbocycles. The van der Waals surface area contributed by atoms with Gasteiger partial charge in [0.15, 0.2) is 0 Å². The molecule has 0 heterocycles. The van der Waals surface area contributed by atoms with Crippen molar-refractivity contribution in [3.8, 4) is 5.75 Å². The van der Waals surface area contributed by atoms with E-state index in [0.29, 0.717) is 12.3 Å². The predicted molar refractivity (Wildman–Crippen MR) is 85.2 cm³/mol. The van der Waals surface area contributed by atoms with E-state index in [1.165, 1.54) is 17.7 Å². The first-order valence-corrected chi connectivity index (χ1v) is 7.19. The number of nitrogens with two attached hydrogens (primary N) is 1. The summed E-state index contributed by atoms with van der Waals surface area (Å²) in [5, 5.41) is 3.21. The average Bonchev–Trinajstić information content (AvgIpc) is 2.47. The summed E-state index contributed by atoms with van der Waals surface area (Å²) in [6, 6.07) is 12.4. The molecule has 0 unspecified atom stereocenters. The molecule has 3 N–H and O–H groups in total. The molecule has 0 saturated heterocycles. The quantitative estimate of drug-likeness (QED) is 0.601. The second kappa shape index (κ2) is 7.53. The standard InChI is InChI=1S/C17H21FN2O/c1-2-21-17-9-8-13(11-16(17)19)5-4-10-20-15-7-3-6-14(18)12-15/h3,6-9,11-12,20H,2,4-5,10,19H2,1H3. The number of hydrogen-bond acceptors (Lipinski definition) is 3. The van der Waals surface area contributed by atoms with Crippen molar-refractivity contribution in [2.45, 2.75) is 19.8 Å². The average molecular weight is 288 g/mol. The third-order valence-electron chi connectivity index (χ3n) is 3.17. The van der Waals surface area contributed by atoms with Crippen LogP contribution in [0.4, 0.5) is 15.8 Å². The van der Waals surface area contributed by atoms with E-state index in [2.05, 4.69) is 5.32 Å². The number of aryl methyl sites for hydroxylation is 1. The molecule has 0 amide bonds. The highest BCUT2D eigenvalue weighted by Gasteiger charge is 2.01. The fourth-order valence-corrected chi connectivity index (χ4v) is 2.16. The first kappa shape index (κ1) is 15.2. The van der Waals surface area contributed by atoms with Crippen molar-refractivity contribution in [1.29, 1.82) is 0 Å². The van der Waals surface area contributed by atoms with Gasteiger partial charge in [-0.05, 0) is 55.7 Å². The lowest BCUT2D eigenvalue weighted by atomic mass is 10.1. The third kappa shape index (κ3) is 4.67. The minimum Gasteiger partial charge on any atom is -0.492 e. The van der Waals surface area contributed by atoms with Gasteiger partial charge in [0.2, 0.25) is 0 Å². The maximum absolute atomic E-state index is 13.0. The lowest BCUT2D eigenvalue weighted by Crippen LogP contribution is -2.03. The van der Waals surface area contributed by atoms with Crippen molar-refractivity contribution in [2.75, 3.05) is 24.2 Å². The van der Waals surface area contributed by atoms with Gasteiger partial charge in [-0.25, -0.2) is 4.39 Å². The molecule has 0 radical (unpaired) electrons. The summed E-state index contributed by atoms with van der Waals surface area (Å²) in [4.78, 5) is 0. The third-order valence-corrected chi connectivity index (χ3v) is 3.17. The van der Waals surface area contributed by atoms with E-state index in [1.807, 2.05) is 31.2 Å². The Morgan fingerprint density at radius 1 is 1.19 bits per heavy atom. The lowest BCUT2D eigenvalue weighted by molar-refractivity contribution is 0.342. The molecule has 2 aromatic carbocycles. The molecular weight excluding hydrogens is 267 g/mol. The Morgan fingerprint density at radius 2 is 2.05 bits per heavy atom. The van der Waals surface area contributed by atoms with Crippen molar-refractivity contribution >= 4 is 11.4 Å². The normalized spacial score (nSPS) is 10.4. The van der Waals surface area contributed by atoms with Gasteiger partial charge in [-0.1, -0.05) is 12.1 Å². The van der Waals surface area contributed by atoms with Gasteiger partial charge in [-0.3, -0.25) is 0 Å². The van der Waals surface area contributed by atoms with Crippen molar-refractivity contribution in [3.05, 3.63) is 53.8 Å². The highest BCUT2D eigenvalue weighted by Crippen LogP contribution is 2.23. The Kier molecular flexibility index (Phi) is 5.43. The lowest BCUT2D eigenvalue weighted by Gasteiger charge is -2.09. The molecule has 3 nitrogen and oxygen atoms in total. The number of halogens is 1. The van der Waals surface area contributed by atoms with Crippen LogP contribution in [0.1, 0.15) is 18.9 Å². The number of anilines is 2.